The van der Waals surface area contributed by atoms with Gasteiger partial charge in [0.05, 0.1) is 22.3 Å². The van der Waals surface area contributed by atoms with Gasteiger partial charge < -0.3 is 5.32 Å². The molecule has 0 bridgehead atoms. The van der Waals surface area contributed by atoms with Crippen LogP contribution in [0, 0.1) is 0 Å². The predicted molar refractivity (Wildman–Crippen MR) is 138 cm³/mol. The average Bonchev–Trinajstić information content (AvgIpc) is 3.66. The number of carbonyl (C=O) groups excluding carboxylic acids is 1. The summed E-state index contributed by atoms with van der Waals surface area (Å²) in [6.07, 6.45) is 2.17. The van der Waals surface area contributed by atoms with Crippen molar-refractivity contribution in [1.29, 1.82) is 0 Å². The minimum atomic E-state index is -3.83. The number of amides is 1. The number of benzene rings is 2. The van der Waals surface area contributed by atoms with Crippen molar-refractivity contribution in [3.63, 3.8) is 0 Å². The number of rotatable bonds is 8. The fourth-order valence-electron chi connectivity index (χ4n) is 4.13. The number of halogens is 2. The van der Waals surface area contributed by atoms with Gasteiger partial charge in [-0.25, -0.2) is 16.8 Å². The highest BCUT2D eigenvalue weighted by Gasteiger charge is 2.53. The molecule has 0 aliphatic heterocycles. The van der Waals surface area contributed by atoms with E-state index in [1.54, 1.807) is 19.1 Å². The fraction of sp³-hybridized carbons (Fsp3) is 0.320. The number of sulfone groups is 2. The molecule has 1 amide bonds. The van der Waals surface area contributed by atoms with Gasteiger partial charge in [-0.15, -0.1) is 0 Å². The molecule has 4 rings (SSSR count). The van der Waals surface area contributed by atoms with E-state index in [0.717, 1.165) is 5.56 Å². The molecule has 2 aromatic carbocycles. The zero-order chi connectivity index (χ0) is 25.4. The molecule has 1 saturated carbocycles. The van der Waals surface area contributed by atoms with E-state index < -0.39 is 35.7 Å². The Kier molecular flexibility index (Phi) is 7.21. The summed E-state index contributed by atoms with van der Waals surface area (Å²) in [5.41, 5.74) is 1.84. The third-order valence-corrected chi connectivity index (χ3v) is 11.3. The highest BCUT2D eigenvalue weighted by atomic mass is 35.5. The number of hydrogen-bond donors (Lipinski definition) is 1. The van der Waals surface area contributed by atoms with Crippen molar-refractivity contribution in [3.05, 3.63) is 81.9 Å². The van der Waals surface area contributed by atoms with E-state index in [-0.39, 0.29) is 33.6 Å². The number of hydrogen-bond acceptors (Lipinski definition) is 5. The Morgan fingerprint density at radius 2 is 1.63 bits per heavy atom. The van der Waals surface area contributed by atoms with Crippen molar-refractivity contribution in [1.82, 2.24) is 5.32 Å². The first-order valence-electron chi connectivity index (χ1n) is 11.2. The molecule has 1 fully saturated rings. The monoisotopic (exact) mass is 553 g/mol. The number of carbonyl (C=O) groups is 1. The molecule has 2 aromatic rings. The standard InChI is InChI=1S/C25H25Cl2NO5S2/c1-2-34(30,31)19-10-8-17(9-11-19)14-23(29)28-25(35(32,33)20-12-13-20)15-21(26)24(22(27)16-25)18-6-4-3-5-7-18/h3-11,15,20H,2,12-14,16H2,1H3,(H,28,29). The zero-order valence-corrected chi connectivity index (χ0v) is 22.1. The Morgan fingerprint density at radius 1 is 1.00 bits per heavy atom. The van der Waals surface area contributed by atoms with Crippen molar-refractivity contribution < 1.29 is 21.6 Å². The van der Waals surface area contributed by atoms with Gasteiger partial charge in [0.1, 0.15) is 0 Å². The quantitative estimate of drug-likeness (QED) is 0.515. The van der Waals surface area contributed by atoms with Gasteiger partial charge in [-0.3, -0.25) is 4.79 Å². The van der Waals surface area contributed by atoms with E-state index in [1.807, 2.05) is 30.3 Å². The summed E-state index contributed by atoms with van der Waals surface area (Å²) in [7, 11) is -7.19. The lowest BCUT2D eigenvalue weighted by molar-refractivity contribution is -0.121. The maximum Gasteiger partial charge on any atom is 0.225 e. The van der Waals surface area contributed by atoms with Crippen LogP contribution >= 0.6 is 23.2 Å². The Bertz CT molecular complexity index is 1410. The molecular formula is C25H25Cl2NO5S2. The van der Waals surface area contributed by atoms with Crippen molar-refractivity contribution in [2.45, 2.75) is 47.6 Å². The van der Waals surface area contributed by atoms with Crippen LogP contribution in [-0.4, -0.2) is 38.6 Å². The van der Waals surface area contributed by atoms with E-state index in [9.17, 15) is 21.6 Å². The van der Waals surface area contributed by atoms with Crippen LogP contribution in [0.3, 0.4) is 0 Å². The normalized spacial score (nSPS) is 20.9. The molecule has 186 valence electrons. The smallest absolute Gasteiger partial charge is 0.225 e. The van der Waals surface area contributed by atoms with Crippen molar-refractivity contribution >= 4 is 54.4 Å². The van der Waals surface area contributed by atoms with Crippen LogP contribution in [0.4, 0.5) is 0 Å². The van der Waals surface area contributed by atoms with Gasteiger partial charge in [-0.2, -0.15) is 0 Å². The lowest BCUT2D eigenvalue weighted by atomic mass is 9.95. The lowest BCUT2D eigenvalue weighted by Crippen LogP contribution is -2.55. The van der Waals surface area contributed by atoms with E-state index in [0.29, 0.717) is 24.0 Å². The van der Waals surface area contributed by atoms with Gasteiger partial charge in [0.2, 0.25) is 5.91 Å². The molecule has 10 heteroatoms. The minimum Gasteiger partial charge on any atom is -0.333 e. The molecule has 0 heterocycles. The third-order valence-electron chi connectivity index (χ3n) is 6.20. The molecule has 1 unspecified atom stereocenters. The van der Waals surface area contributed by atoms with Crippen LogP contribution < -0.4 is 5.32 Å². The molecule has 0 radical (unpaired) electrons. The van der Waals surface area contributed by atoms with Gasteiger partial charge in [-0.1, -0.05) is 72.6 Å². The van der Waals surface area contributed by atoms with Crippen LogP contribution in [0.5, 0.6) is 0 Å². The SMILES string of the molecule is CCS(=O)(=O)c1ccc(CC(=O)NC2(S(=O)(=O)C3CC3)C=C(Cl)C(c3ccccc3)=C(Cl)C2)cc1. The molecular weight excluding hydrogens is 529 g/mol. The minimum absolute atomic E-state index is 0.0271. The summed E-state index contributed by atoms with van der Waals surface area (Å²) >= 11 is 13.2. The van der Waals surface area contributed by atoms with Gasteiger partial charge in [0, 0.05) is 22.1 Å². The second-order valence-electron chi connectivity index (χ2n) is 8.72. The average molecular weight is 555 g/mol. The molecule has 6 nitrogen and oxygen atoms in total. The first kappa shape index (κ1) is 25.9. The summed E-state index contributed by atoms with van der Waals surface area (Å²) in [4.78, 5) is 11.5. The Labute approximate surface area is 215 Å². The molecule has 0 spiro atoms. The fourth-order valence-corrected chi connectivity index (χ4v) is 8.28. The van der Waals surface area contributed by atoms with E-state index in [4.69, 9.17) is 23.2 Å². The van der Waals surface area contributed by atoms with Gasteiger partial charge in [-0.05, 0) is 42.2 Å². The zero-order valence-electron chi connectivity index (χ0n) is 19.0. The van der Waals surface area contributed by atoms with Crippen LogP contribution in [0.25, 0.3) is 5.57 Å². The first-order chi connectivity index (χ1) is 16.5. The highest BCUT2D eigenvalue weighted by Crippen LogP contribution is 2.47. The van der Waals surface area contributed by atoms with Crippen LogP contribution in [0.15, 0.2) is 75.6 Å². The molecule has 1 atom stereocenters. The maximum atomic E-state index is 13.5. The summed E-state index contributed by atoms with van der Waals surface area (Å²) in [5.74, 6) is -0.561. The van der Waals surface area contributed by atoms with Crippen LogP contribution in [0.1, 0.15) is 37.3 Å². The number of allylic oxidation sites excluding steroid dienone is 2. The van der Waals surface area contributed by atoms with Gasteiger partial charge in [0.15, 0.2) is 24.5 Å². The summed E-state index contributed by atoms with van der Waals surface area (Å²) in [5, 5.41) is 2.55. The summed E-state index contributed by atoms with van der Waals surface area (Å²) in [6, 6.07) is 15.2. The second-order valence-corrected chi connectivity index (χ2v) is 14.3. The Hall–Kier alpha value is -2.13. The lowest BCUT2D eigenvalue weighted by Gasteiger charge is -2.35. The summed E-state index contributed by atoms with van der Waals surface area (Å²) in [6.45, 7) is 1.56. The van der Waals surface area contributed by atoms with E-state index >= 15 is 0 Å². The topological polar surface area (TPSA) is 97.4 Å². The molecule has 1 N–H and O–H groups in total. The van der Waals surface area contributed by atoms with Crippen molar-refractivity contribution in [3.8, 4) is 0 Å². The van der Waals surface area contributed by atoms with Crippen LogP contribution in [0.2, 0.25) is 0 Å². The Morgan fingerprint density at radius 3 is 2.17 bits per heavy atom. The first-order valence-corrected chi connectivity index (χ1v) is 15.1. The van der Waals surface area contributed by atoms with E-state index in [1.165, 1.54) is 18.2 Å². The largest absolute Gasteiger partial charge is 0.333 e. The van der Waals surface area contributed by atoms with Crippen molar-refractivity contribution in [2.24, 2.45) is 0 Å². The van der Waals surface area contributed by atoms with E-state index in [2.05, 4.69) is 5.32 Å². The van der Waals surface area contributed by atoms with Gasteiger partial charge >= 0.3 is 0 Å². The Balaban J connectivity index is 1.63. The molecule has 2 aliphatic carbocycles. The molecule has 2 aliphatic rings. The van der Waals surface area contributed by atoms with Crippen molar-refractivity contribution in [2.75, 3.05) is 5.75 Å². The highest BCUT2D eigenvalue weighted by molar-refractivity contribution is 7.93. The molecule has 35 heavy (non-hydrogen) atoms. The second kappa shape index (κ2) is 9.73. The maximum absolute atomic E-state index is 13.5. The number of nitrogens with one attached hydrogen (secondary N) is 1. The summed E-state index contributed by atoms with van der Waals surface area (Å²) < 4.78 is 51.1. The van der Waals surface area contributed by atoms with Gasteiger partial charge in [0.25, 0.3) is 0 Å². The third kappa shape index (κ3) is 5.21. The van der Waals surface area contributed by atoms with Crippen LogP contribution in [-0.2, 0) is 30.9 Å². The molecule has 0 saturated heterocycles. The molecule has 0 aromatic heterocycles. The predicted octanol–water partition coefficient (Wildman–Crippen LogP) is 4.59.